The number of hydrogen-bond donors (Lipinski definition) is 0. The number of fused-ring (bicyclic) bond motifs is 7. The molecule has 3 nitrogen and oxygen atoms in total. The highest BCUT2D eigenvalue weighted by Gasteiger charge is 2.20. The summed E-state index contributed by atoms with van der Waals surface area (Å²) in [5, 5.41) is 6.07. The Balaban J connectivity index is 1.23. The number of thiophene rings is 1. The van der Waals surface area contributed by atoms with Gasteiger partial charge in [0.15, 0.2) is 5.82 Å². The Morgan fingerprint density at radius 3 is 1.85 bits per heavy atom. The highest BCUT2D eigenvalue weighted by molar-refractivity contribution is 7.26. The van der Waals surface area contributed by atoms with Crippen LogP contribution < -0.4 is 0 Å². The Hall–Kier alpha value is -6.10. The lowest BCUT2D eigenvalue weighted by molar-refractivity contribution is 1.18. The van der Waals surface area contributed by atoms with E-state index in [2.05, 4.69) is 162 Å². The van der Waals surface area contributed by atoms with Gasteiger partial charge in [0, 0.05) is 37.7 Å². The number of benzene rings is 7. The molecule has 4 heteroatoms. The van der Waals surface area contributed by atoms with Crippen LogP contribution >= 0.6 is 11.3 Å². The zero-order chi connectivity index (χ0) is 31.6. The molecular formula is C44H27N3S. The smallest absolute Gasteiger partial charge is 0.160 e. The van der Waals surface area contributed by atoms with Crippen molar-refractivity contribution in [2.75, 3.05) is 0 Å². The molecular weight excluding hydrogens is 603 g/mol. The van der Waals surface area contributed by atoms with E-state index < -0.39 is 0 Å². The molecule has 7 aromatic carbocycles. The van der Waals surface area contributed by atoms with Crippen LogP contribution in [0.2, 0.25) is 0 Å². The van der Waals surface area contributed by atoms with Crippen LogP contribution in [-0.2, 0) is 0 Å². The lowest BCUT2D eigenvalue weighted by Crippen LogP contribution is -1.94. The molecule has 10 rings (SSSR count). The third-order valence-electron chi connectivity index (χ3n) is 9.41. The van der Waals surface area contributed by atoms with Crippen LogP contribution in [0.3, 0.4) is 0 Å². The average molecular weight is 630 g/mol. The molecule has 10 aromatic rings. The van der Waals surface area contributed by atoms with Gasteiger partial charge in [0.05, 0.1) is 26.9 Å². The summed E-state index contributed by atoms with van der Waals surface area (Å²) >= 11 is 1.79. The lowest BCUT2D eigenvalue weighted by Gasteiger charge is -2.11. The second kappa shape index (κ2) is 10.7. The highest BCUT2D eigenvalue weighted by atomic mass is 32.1. The molecule has 0 aliphatic rings. The quantitative estimate of drug-likeness (QED) is 0.194. The van der Waals surface area contributed by atoms with E-state index in [0.717, 1.165) is 43.9 Å². The average Bonchev–Trinajstić information content (AvgIpc) is 3.71. The van der Waals surface area contributed by atoms with E-state index in [0.29, 0.717) is 0 Å². The van der Waals surface area contributed by atoms with Crippen molar-refractivity contribution in [3.05, 3.63) is 164 Å². The summed E-state index contributed by atoms with van der Waals surface area (Å²) in [6.45, 7) is 0. The molecule has 224 valence electrons. The van der Waals surface area contributed by atoms with Crippen molar-refractivity contribution >= 4 is 64.2 Å². The number of rotatable bonds is 4. The zero-order valence-electron chi connectivity index (χ0n) is 25.8. The van der Waals surface area contributed by atoms with Crippen molar-refractivity contribution in [3.8, 4) is 39.5 Å². The fourth-order valence-corrected chi connectivity index (χ4v) is 8.52. The molecule has 48 heavy (non-hydrogen) atoms. The van der Waals surface area contributed by atoms with Crippen LogP contribution in [0.1, 0.15) is 0 Å². The van der Waals surface area contributed by atoms with Crippen LogP contribution in [0, 0.1) is 0 Å². The zero-order valence-corrected chi connectivity index (χ0v) is 26.7. The molecule has 0 radical (unpaired) electrons. The minimum atomic E-state index is 0.740. The van der Waals surface area contributed by atoms with Crippen molar-refractivity contribution in [1.82, 2.24) is 14.5 Å². The van der Waals surface area contributed by atoms with E-state index in [9.17, 15) is 0 Å². The third kappa shape index (κ3) is 4.13. The Kier molecular flexibility index (Phi) is 6.05. The fraction of sp³-hybridized carbons (Fsp3) is 0. The van der Waals surface area contributed by atoms with Crippen LogP contribution in [0.25, 0.3) is 92.3 Å². The van der Waals surface area contributed by atoms with Crippen LogP contribution in [0.5, 0.6) is 0 Å². The van der Waals surface area contributed by atoms with E-state index >= 15 is 0 Å². The summed E-state index contributed by atoms with van der Waals surface area (Å²) in [4.78, 5) is 10.5. The van der Waals surface area contributed by atoms with Gasteiger partial charge in [-0.05, 0) is 46.2 Å². The molecule has 3 aromatic heterocycles. The Morgan fingerprint density at radius 1 is 0.438 bits per heavy atom. The van der Waals surface area contributed by atoms with Crippen LogP contribution in [0.4, 0.5) is 0 Å². The largest absolute Gasteiger partial charge is 0.309 e. The minimum absolute atomic E-state index is 0.740. The first-order chi connectivity index (χ1) is 23.8. The Morgan fingerprint density at radius 2 is 1.04 bits per heavy atom. The van der Waals surface area contributed by atoms with Gasteiger partial charge in [0.25, 0.3) is 0 Å². The maximum atomic E-state index is 5.29. The molecule has 0 fully saturated rings. The number of aromatic nitrogens is 3. The second-order valence-corrected chi connectivity index (χ2v) is 13.2. The Labute approximate surface area is 281 Å². The summed E-state index contributed by atoms with van der Waals surface area (Å²) in [7, 11) is 0. The summed E-state index contributed by atoms with van der Waals surface area (Å²) in [6, 6.07) is 58.3. The predicted octanol–water partition coefficient (Wildman–Crippen LogP) is 12.1. The molecule has 0 aliphatic carbocycles. The lowest BCUT2D eigenvalue weighted by atomic mass is 10.0. The maximum absolute atomic E-state index is 5.29. The van der Waals surface area contributed by atoms with E-state index in [1.165, 1.54) is 48.4 Å². The monoisotopic (exact) mass is 629 g/mol. The van der Waals surface area contributed by atoms with Crippen molar-refractivity contribution in [1.29, 1.82) is 0 Å². The maximum Gasteiger partial charge on any atom is 0.160 e. The summed E-state index contributed by atoms with van der Waals surface area (Å²) in [5.41, 5.74) is 10.0. The second-order valence-electron chi connectivity index (χ2n) is 12.2. The SMILES string of the molecule is c1ccc(-c2nc(-c3cccc4ccccc34)c3sc4c(-c5cccc(-n6c7ccccc7c7ccccc76)c5)cccc4c3n2)cc1. The molecule has 0 spiro atoms. The van der Waals surface area contributed by atoms with Gasteiger partial charge < -0.3 is 4.57 Å². The first kappa shape index (κ1) is 27.1. The van der Waals surface area contributed by atoms with Crippen LogP contribution in [-0.4, -0.2) is 14.5 Å². The molecule has 0 unspecified atom stereocenters. The van der Waals surface area contributed by atoms with Crippen molar-refractivity contribution in [2.45, 2.75) is 0 Å². The molecule has 0 atom stereocenters. The normalized spacial score (nSPS) is 11.8. The van der Waals surface area contributed by atoms with Gasteiger partial charge in [-0.3, -0.25) is 0 Å². The van der Waals surface area contributed by atoms with Gasteiger partial charge >= 0.3 is 0 Å². The van der Waals surface area contributed by atoms with Gasteiger partial charge in [-0.15, -0.1) is 11.3 Å². The number of nitrogens with zero attached hydrogens (tertiary/aromatic N) is 3. The van der Waals surface area contributed by atoms with Gasteiger partial charge in [-0.25, -0.2) is 9.97 Å². The summed E-state index contributed by atoms with van der Waals surface area (Å²) in [6.07, 6.45) is 0. The van der Waals surface area contributed by atoms with E-state index in [1.54, 1.807) is 11.3 Å². The molecule has 3 heterocycles. The number of hydrogen-bond acceptors (Lipinski definition) is 3. The van der Waals surface area contributed by atoms with Gasteiger partial charge in [-0.1, -0.05) is 140 Å². The molecule has 0 saturated heterocycles. The fourth-order valence-electron chi connectivity index (χ4n) is 7.24. The molecule has 0 aliphatic heterocycles. The van der Waals surface area contributed by atoms with Gasteiger partial charge in [0.2, 0.25) is 0 Å². The molecule has 0 saturated carbocycles. The van der Waals surface area contributed by atoms with Crippen molar-refractivity contribution < 1.29 is 0 Å². The molecule has 0 bridgehead atoms. The first-order valence-corrected chi connectivity index (χ1v) is 17.0. The Bertz CT molecular complexity index is 2790. The number of para-hydroxylation sites is 2. The standard InChI is InChI=1S/C44H27N3S/c1-2-14-29(15-3-1)44-45-40(36-23-11-16-28-13-4-5-19-32(28)36)43-41(46-44)37-24-12-22-33(42(37)48-43)30-17-10-18-31(27-30)47-38-25-8-6-20-34(38)35-21-7-9-26-39(35)47/h1-27H. The van der Waals surface area contributed by atoms with E-state index in [1.807, 2.05) is 6.07 Å². The summed E-state index contributed by atoms with van der Waals surface area (Å²) in [5.74, 6) is 0.740. The molecule has 0 N–H and O–H groups in total. The van der Waals surface area contributed by atoms with Crippen molar-refractivity contribution in [2.24, 2.45) is 0 Å². The summed E-state index contributed by atoms with van der Waals surface area (Å²) < 4.78 is 4.70. The third-order valence-corrected chi connectivity index (χ3v) is 10.6. The van der Waals surface area contributed by atoms with E-state index in [-0.39, 0.29) is 0 Å². The van der Waals surface area contributed by atoms with E-state index in [4.69, 9.17) is 9.97 Å². The first-order valence-electron chi connectivity index (χ1n) is 16.2. The van der Waals surface area contributed by atoms with Gasteiger partial charge in [0.1, 0.15) is 0 Å². The highest BCUT2D eigenvalue weighted by Crippen LogP contribution is 2.45. The van der Waals surface area contributed by atoms with Gasteiger partial charge in [-0.2, -0.15) is 0 Å². The van der Waals surface area contributed by atoms with Crippen molar-refractivity contribution in [3.63, 3.8) is 0 Å². The molecule has 0 amide bonds. The topological polar surface area (TPSA) is 30.7 Å². The predicted molar refractivity (Wildman–Crippen MR) is 203 cm³/mol. The minimum Gasteiger partial charge on any atom is -0.309 e. The van der Waals surface area contributed by atoms with Crippen LogP contribution in [0.15, 0.2) is 164 Å².